The number of hydrogen-bond acceptors (Lipinski definition) is 5. The lowest BCUT2D eigenvalue weighted by Crippen LogP contribution is -2.23. The molecular weight excluding hydrogens is 366 g/mol. The number of aromatic nitrogens is 3. The minimum Gasteiger partial charge on any atom is -0.495 e. The molecule has 1 aliphatic rings. The van der Waals surface area contributed by atoms with Gasteiger partial charge in [-0.05, 0) is 37.5 Å². The predicted octanol–water partition coefficient (Wildman–Crippen LogP) is 3.51. The number of anilines is 2. The van der Waals surface area contributed by atoms with Crippen molar-refractivity contribution in [3.63, 3.8) is 0 Å². The SMILES string of the molecule is COc1cnc(C)c(Nc2nc(=O)c(F)c3n2C(c2ccc(F)cc2)CC3)c1. The van der Waals surface area contributed by atoms with Crippen molar-refractivity contribution < 1.29 is 13.5 Å². The molecule has 0 spiro atoms. The molecule has 1 N–H and O–H groups in total. The van der Waals surface area contributed by atoms with Crippen LogP contribution in [0.15, 0.2) is 41.3 Å². The summed E-state index contributed by atoms with van der Waals surface area (Å²) in [6.45, 7) is 1.80. The highest BCUT2D eigenvalue weighted by molar-refractivity contribution is 5.59. The van der Waals surface area contributed by atoms with Crippen LogP contribution in [-0.4, -0.2) is 21.6 Å². The molecule has 0 saturated heterocycles. The van der Waals surface area contributed by atoms with Crippen molar-refractivity contribution in [1.29, 1.82) is 0 Å². The second-order valence-electron chi connectivity index (χ2n) is 6.61. The van der Waals surface area contributed by atoms with E-state index in [1.165, 1.54) is 19.2 Å². The maximum atomic E-state index is 14.5. The Bertz CT molecular complexity index is 1100. The molecule has 0 radical (unpaired) electrons. The van der Waals surface area contributed by atoms with Crippen LogP contribution in [-0.2, 0) is 6.42 Å². The van der Waals surface area contributed by atoms with E-state index in [1.54, 1.807) is 35.9 Å². The van der Waals surface area contributed by atoms with Crippen molar-refractivity contribution in [2.24, 2.45) is 0 Å². The van der Waals surface area contributed by atoms with Crippen LogP contribution in [0, 0.1) is 18.6 Å². The van der Waals surface area contributed by atoms with Gasteiger partial charge in [0, 0.05) is 6.07 Å². The first-order chi connectivity index (χ1) is 13.5. The van der Waals surface area contributed by atoms with Crippen molar-refractivity contribution in [2.45, 2.75) is 25.8 Å². The maximum Gasteiger partial charge on any atom is 0.310 e. The number of nitrogens with zero attached hydrogens (tertiary/aromatic N) is 3. The topological polar surface area (TPSA) is 69.0 Å². The number of benzene rings is 1. The van der Waals surface area contributed by atoms with Crippen molar-refractivity contribution in [3.8, 4) is 5.75 Å². The summed E-state index contributed by atoms with van der Waals surface area (Å²) < 4.78 is 34.6. The van der Waals surface area contributed by atoms with Gasteiger partial charge in [0.2, 0.25) is 11.8 Å². The van der Waals surface area contributed by atoms with Gasteiger partial charge in [0.25, 0.3) is 0 Å². The lowest BCUT2D eigenvalue weighted by molar-refractivity contribution is 0.413. The lowest BCUT2D eigenvalue weighted by atomic mass is 10.0. The van der Waals surface area contributed by atoms with E-state index in [0.717, 1.165) is 5.56 Å². The third-order valence-corrected chi connectivity index (χ3v) is 4.93. The molecule has 3 aromatic rings. The zero-order chi connectivity index (χ0) is 19.8. The Balaban J connectivity index is 1.83. The van der Waals surface area contributed by atoms with Crippen LogP contribution in [0.4, 0.5) is 20.4 Å². The van der Waals surface area contributed by atoms with Gasteiger partial charge in [-0.1, -0.05) is 12.1 Å². The van der Waals surface area contributed by atoms with E-state index in [2.05, 4.69) is 15.3 Å². The molecular formula is C20H18F2N4O2. The molecule has 1 aliphatic heterocycles. The minimum absolute atomic E-state index is 0.214. The second kappa shape index (κ2) is 7.03. The molecule has 28 heavy (non-hydrogen) atoms. The van der Waals surface area contributed by atoms with Gasteiger partial charge in [-0.3, -0.25) is 9.78 Å². The minimum atomic E-state index is -0.915. The van der Waals surface area contributed by atoms with E-state index >= 15 is 0 Å². The Hall–Kier alpha value is -3.29. The normalized spacial score (nSPS) is 15.4. The number of aryl methyl sites for hydroxylation is 1. The summed E-state index contributed by atoms with van der Waals surface area (Å²) in [7, 11) is 1.53. The van der Waals surface area contributed by atoms with Crippen LogP contribution >= 0.6 is 0 Å². The monoisotopic (exact) mass is 384 g/mol. The van der Waals surface area contributed by atoms with Crippen molar-refractivity contribution in [1.82, 2.24) is 14.5 Å². The Labute approximate surface area is 159 Å². The van der Waals surface area contributed by atoms with Gasteiger partial charge in [0.05, 0.1) is 36.4 Å². The molecule has 1 aromatic carbocycles. The van der Waals surface area contributed by atoms with E-state index in [1.807, 2.05) is 0 Å². The molecule has 0 saturated carbocycles. The molecule has 0 bridgehead atoms. The summed E-state index contributed by atoms with van der Waals surface area (Å²) in [5.74, 6) is -0.445. The van der Waals surface area contributed by atoms with E-state index in [0.29, 0.717) is 30.0 Å². The highest BCUT2D eigenvalue weighted by Crippen LogP contribution is 2.36. The molecule has 3 heterocycles. The van der Waals surface area contributed by atoms with Crippen LogP contribution in [0.1, 0.15) is 29.4 Å². The van der Waals surface area contributed by atoms with Crippen LogP contribution in [0.3, 0.4) is 0 Å². The van der Waals surface area contributed by atoms with Gasteiger partial charge >= 0.3 is 5.56 Å². The number of ether oxygens (including phenoxy) is 1. The lowest BCUT2D eigenvalue weighted by Gasteiger charge is -2.21. The third-order valence-electron chi connectivity index (χ3n) is 4.93. The van der Waals surface area contributed by atoms with Gasteiger partial charge in [0.1, 0.15) is 11.6 Å². The molecule has 0 fully saturated rings. The van der Waals surface area contributed by atoms with Crippen LogP contribution < -0.4 is 15.6 Å². The third kappa shape index (κ3) is 3.11. The fourth-order valence-corrected chi connectivity index (χ4v) is 3.49. The van der Waals surface area contributed by atoms with Crippen LogP contribution in [0.5, 0.6) is 5.75 Å². The van der Waals surface area contributed by atoms with Gasteiger partial charge in [0.15, 0.2) is 0 Å². The number of halogens is 2. The number of fused-ring (bicyclic) bond motifs is 1. The molecule has 144 valence electrons. The zero-order valence-electron chi connectivity index (χ0n) is 15.4. The van der Waals surface area contributed by atoms with E-state index in [-0.39, 0.29) is 23.5 Å². The quantitative estimate of drug-likeness (QED) is 0.746. The average molecular weight is 384 g/mol. The fourth-order valence-electron chi connectivity index (χ4n) is 3.49. The van der Waals surface area contributed by atoms with E-state index in [4.69, 9.17) is 4.74 Å². The highest BCUT2D eigenvalue weighted by Gasteiger charge is 2.30. The summed E-state index contributed by atoms with van der Waals surface area (Å²) in [4.78, 5) is 20.2. The smallest absolute Gasteiger partial charge is 0.310 e. The summed E-state index contributed by atoms with van der Waals surface area (Å²) >= 11 is 0. The molecule has 1 unspecified atom stereocenters. The highest BCUT2D eigenvalue weighted by atomic mass is 19.1. The first kappa shape index (κ1) is 18.1. The zero-order valence-corrected chi connectivity index (χ0v) is 15.4. The summed E-state index contributed by atoms with van der Waals surface area (Å²) in [6, 6.07) is 7.51. The number of hydrogen-bond donors (Lipinski definition) is 1. The Morgan fingerprint density at radius 3 is 2.71 bits per heavy atom. The summed E-state index contributed by atoms with van der Waals surface area (Å²) in [6.07, 6.45) is 2.55. The first-order valence-corrected chi connectivity index (χ1v) is 8.82. The number of methoxy groups -OCH3 is 1. The van der Waals surface area contributed by atoms with Gasteiger partial charge in [-0.25, -0.2) is 4.39 Å². The summed E-state index contributed by atoms with van der Waals surface area (Å²) in [5.41, 5.74) is 1.45. The van der Waals surface area contributed by atoms with Crippen molar-refractivity contribution in [2.75, 3.05) is 12.4 Å². The fraction of sp³-hybridized carbons (Fsp3) is 0.250. The number of rotatable bonds is 4. The van der Waals surface area contributed by atoms with Crippen LogP contribution in [0.25, 0.3) is 0 Å². The molecule has 6 nitrogen and oxygen atoms in total. The predicted molar refractivity (Wildman–Crippen MR) is 100 cm³/mol. The van der Waals surface area contributed by atoms with Gasteiger partial charge in [-0.15, -0.1) is 0 Å². The average Bonchev–Trinajstić information content (AvgIpc) is 3.13. The molecule has 1 atom stereocenters. The van der Waals surface area contributed by atoms with Gasteiger partial charge < -0.3 is 14.6 Å². The van der Waals surface area contributed by atoms with E-state index < -0.39 is 11.4 Å². The standard InChI is InChI=1S/C20H18F2N4O2/c1-11-15(9-14(28-2)10-23-11)24-20-25-19(27)18(22)17-8-7-16(26(17)20)12-3-5-13(21)6-4-12/h3-6,9-10,16H,7-8H2,1-2H3,(H,24,25,27). The number of pyridine rings is 1. The molecule has 0 amide bonds. The number of nitrogens with one attached hydrogen (secondary N) is 1. The second-order valence-corrected chi connectivity index (χ2v) is 6.61. The first-order valence-electron chi connectivity index (χ1n) is 8.82. The maximum absolute atomic E-state index is 14.5. The molecule has 0 aliphatic carbocycles. The molecule has 8 heteroatoms. The van der Waals surface area contributed by atoms with Crippen LogP contribution in [0.2, 0.25) is 0 Å². The summed E-state index contributed by atoms with van der Waals surface area (Å²) in [5, 5.41) is 3.10. The largest absolute Gasteiger partial charge is 0.495 e. The van der Waals surface area contributed by atoms with Crippen molar-refractivity contribution in [3.05, 3.63) is 75.5 Å². The Morgan fingerprint density at radius 1 is 1.25 bits per heavy atom. The molecule has 4 rings (SSSR count). The van der Waals surface area contributed by atoms with Gasteiger partial charge in [-0.2, -0.15) is 9.37 Å². The van der Waals surface area contributed by atoms with E-state index in [9.17, 15) is 13.6 Å². The van der Waals surface area contributed by atoms with Crippen molar-refractivity contribution >= 4 is 11.6 Å². The Morgan fingerprint density at radius 2 is 2.00 bits per heavy atom. The molecule has 2 aromatic heterocycles. The Kier molecular flexibility index (Phi) is 4.54.